The highest BCUT2D eigenvalue weighted by molar-refractivity contribution is 7.89. The number of carbonyl (C=O) groups excluding carboxylic acids is 1. The summed E-state index contributed by atoms with van der Waals surface area (Å²) in [5.41, 5.74) is 2.22. The summed E-state index contributed by atoms with van der Waals surface area (Å²) < 4.78 is 28.7. The third-order valence-electron chi connectivity index (χ3n) is 5.88. The van der Waals surface area contributed by atoms with Crippen LogP contribution in [-0.2, 0) is 23.5 Å². The van der Waals surface area contributed by atoms with E-state index < -0.39 is 10.0 Å². The van der Waals surface area contributed by atoms with Crippen LogP contribution in [0.1, 0.15) is 29.8 Å². The number of aromatic amines is 1. The first kappa shape index (κ1) is 22.4. The lowest BCUT2D eigenvalue weighted by molar-refractivity contribution is 0.0989. The zero-order valence-electron chi connectivity index (χ0n) is 18.1. The Hall–Kier alpha value is -2.82. The molecule has 168 valence electrons. The number of nitrogens with zero attached hydrogens (tertiary/aromatic N) is 3. The van der Waals surface area contributed by atoms with Crippen LogP contribution in [0.4, 0.5) is 5.69 Å². The molecule has 1 aliphatic rings. The zero-order chi connectivity index (χ0) is 23.2. The van der Waals surface area contributed by atoms with Gasteiger partial charge in [-0.15, -0.1) is 0 Å². The van der Waals surface area contributed by atoms with Gasteiger partial charge in [0.15, 0.2) is 4.77 Å². The third kappa shape index (κ3) is 3.58. The van der Waals surface area contributed by atoms with Gasteiger partial charge in [-0.25, -0.2) is 8.42 Å². The standard InChI is InChI=1S/C22H24N4O4S2/c1-4-25(5-2)32(29,30)16-7-9-19-14(12-16)10-11-26(19)20(27)15-6-8-17-18(13-15)23-22(31)24(3)21(17)28/h6-9,12-13H,4-5,10-11H2,1-3H3,(H,23,31). The van der Waals surface area contributed by atoms with Crippen LogP contribution in [-0.4, -0.2) is 47.8 Å². The molecule has 4 rings (SSSR count). The SMILES string of the molecule is CCN(CC)S(=O)(=O)c1ccc2c(c1)CCN2C(=O)c1ccc2c(=O)n(C)c(=S)[nH]c2c1. The number of hydrogen-bond donors (Lipinski definition) is 1. The summed E-state index contributed by atoms with van der Waals surface area (Å²) in [7, 11) is -1.97. The molecule has 2 aromatic carbocycles. The second-order valence-corrected chi connectivity index (χ2v) is 9.97. The lowest BCUT2D eigenvalue weighted by atomic mass is 10.1. The molecule has 10 heteroatoms. The van der Waals surface area contributed by atoms with Crippen LogP contribution in [0, 0.1) is 4.77 Å². The second-order valence-electron chi connectivity index (χ2n) is 7.64. The maximum absolute atomic E-state index is 13.2. The van der Waals surface area contributed by atoms with E-state index in [4.69, 9.17) is 12.2 Å². The molecule has 2 heterocycles. The van der Waals surface area contributed by atoms with E-state index in [2.05, 4.69) is 4.98 Å². The largest absolute Gasteiger partial charge is 0.332 e. The van der Waals surface area contributed by atoms with E-state index in [0.717, 1.165) is 5.56 Å². The number of rotatable bonds is 5. The van der Waals surface area contributed by atoms with E-state index in [0.29, 0.717) is 48.2 Å². The van der Waals surface area contributed by atoms with E-state index in [1.807, 2.05) is 0 Å². The van der Waals surface area contributed by atoms with Crippen molar-refractivity contribution in [2.45, 2.75) is 25.2 Å². The highest BCUT2D eigenvalue weighted by Crippen LogP contribution is 2.32. The van der Waals surface area contributed by atoms with Gasteiger partial charge in [-0.3, -0.25) is 14.2 Å². The first-order chi connectivity index (χ1) is 15.2. The van der Waals surface area contributed by atoms with Crippen LogP contribution in [0.15, 0.2) is 46.1 Å². The number of benzene rings is 2. The highest BCUT2D eigenvalue weighted by Gasteiger charge is 2.29. The van der Waals surface area contributed by atoms with Gasteiger partial charge >= 0.3 is 0 Å². The summed E-state index contributed by atoms with van der Waals surface area (Å²) in [6.45, 7) is 4.86. The second kappa shape index (κ2) is 8.27. The number of fused-ring (bicyclic) bond motifs is 2. The van der Waals surface area contributed by atoms with E-state index in [1.54, 1.807) is 62.2 Å². The van der Waals surface area contributed by atoms with Crippen LogP contribution in [0.2, 0.25) is 0 Å². The van der Waals surface area contributed by atoms with E-state index in [-0.39, 0.29) is 21.1 Å². The summed E-state index contributed by atoms with van der Waals surface area (Å²) in [6.07, 6.45) is 0.569. The van der Waals surface area contributed by atoms with Crippen LogP contribution in [0.3, 0.4) is 0 Å². The molecule has 0 atom stereocenters. The lowest BCUT2D eigenvalue weighted by Crippen LogP contribution is -2.31. The quantitative estimate of drug-likeness (QED) is 0.576. The fraction of sp³-hybridized carbons (Fsp3) is 0.318. The van der Waals surface area contributed by atoms with Gasteiger partial charge in [0.2, 0.25) is 10.0 Å². The molecule has 1 N–H and O–H groups in total. The monoisotopic (exact) mass is 472 g/mol. The molecular formula is C22H24N4O4S2. The summed E-state index contributed by atoms with van der Waals surface area (Å²) in [5.74, 6) is -0.218. The number of nitrogens with one attached hydrogen (secondary N) is 1. The zero-order valence-corrected chi connectivity index (χ0v) is 19.7. The minimum Gasteiger partial charge on any atom is -0.332 e. The Labute approximate surface area is 191 Å². The highest BCUT2D eigenvalue weighted by atomic mass is 32.2. The number of amides is 1. The van der Waals surface area contributed by atoms with E-state index >= 15 is 0 Å². The van der Waals surface area contributed by atoms with Crippen molar-refractivity contribution in [3.63, 3.8) is 0 Å². The van der Waals surface area contributed by atoms with Crippen molar-refractivity contribution in [3.05, 3.63) is 62.6 Å². The maximum Gasteiger partial charge on any atom is 0.261 e. The van der Waals surface area contributed by atoms with Crippen molar-refractivity contribution in [2.75, 3.05) is 24.5 Å². The van der Waals surface area contributed by atoms with Gasteiger partial charge in [0.1, 0.15) is 0 Å². The van der Waals surface area contributed by atoms with Crippen molar-refractivity contribution in [3.8, 4) is 0 Å². The molecule has 0 saturated heterocycles. The predicted molar refractivity (Wildman–Crippen MR) is 126 cm³/mol. The van der Waals surface area contributed by atoms with Crippen molar-refractivity contribution < 1.29 is 13.2 Å². The molecule has 1 aromatic heterocycles. The first-order valence-corrected chi connectivity index (χ1v) is 12.2. The smallest absolute Gasteiger partial charge is 0.261 e. The van der Waals surface area contributed by atoms with Crippen molar-refractivity contribution in [1.29, 1.82) is 0 Å². The molecule has 0 bridgehead atoms. The van der Waals surface area contributed by atoms with Gasteiger partial charge in [0.05, 0.1) is 15.8 Å². The average molecular weight is 473 g/mol. The predicted octanol–water partition coefficient (Wildman–Crippen LogP) is 2.83. The van der Waals surface area contributed by atoms with Crippen molar-refractivity contribution >= 4 is 44.7 Å². The van der Waals surface area contributed by atoms with Crippen LogP contribution >= 0.6 is 12.2 Å². The molecule has 3 aromatic rings. The Bertz CT molecular complexity index is 1450. The minimum atomic E-state index is -3.56. The summed E-state index contributed by atoms with van der Waals surface area (Å²) in [4.78, 5) is 30.5. The topological polar surface area (TPSA) is 95.5 Å². The number of carbonyl (C=O) groups is 1. The summed E-state index contributed by atoms with van der Waals surface area (Å²) in [5, 5.41) is 0.450. The first-order valence-electron chi connectivity index (χ1n) is 10.4. The molecule has 8 nitrogen and oxygen atoms in total. The third-order valence-corrected chi connectivity index (χ3v) is 8.30. The minimum absolute atomic E-state index is 0.218. The normalized spacial score (nSPS) is 13.7. The molecule has 32 heavy (non-hydrogen) atoms. The average Bonchev–Trinajstić information content (AvgIpc) is 3.20. The molecule has 0 fully saturated rings. The number of anilines is 1. The Morgan fingerprint density at radius 3 is 2.56 bits per heavy atom. The summed E-state index contributed by atoms with van der Waals surface area (Å²) in [6, 6.07) is 9.79. The van der Waals surface area contributed by atoms with Crippen molar-refractivity contribution in [2.24, 2.45) is 7.05 Å². The molecule has 0 aliphatic carbocycles. The maximum atomic E-state index is 13.2. The Morgan fingerprint density at radius 2 is 1.88 bits per heavy atom. The van der Waals surface area contributed by atoms with E-state index in [9.17, 15) is 18.0 Å². The molecular weight excluding hydrogens is 448 g/mol. The molecule has 0 radical (unpaired) electrons. The Balaban J connectivity index is 1.69. The number of aromatic nitrogens is 2. The van der Waals surface area contributed by atoms with Gasteiger partial charge in [-0.1, -0.05) is 13.8 Å². The number of H-pyrrole nitrogens is 1. The molecule has 0 spiro atoms. The molecule has 1 amide bonds. The van der Waals surface area contributed by atoms with Gasteiger partial charge < -0.3 is 9.88 Å². The number of sulfonamides is 1. The van der Waals surface area contributed by atoms with Gasteiger partial charge in [-0.05, 0) is 60.6 Å². The van der Waals surface area contributed by atoms with Gasteiger partial charge in [0.25, 0.3) is 11.5 Å². The Morgan fingerprint density at radius 1 is 1.16 bits per heavy atom. The van der Waals surface area contributed by atoms with Crippen LogP contribution < -0.4 is 10.5 Å². The Kier molecular flexibility index (Phi) is 5.78. The van der Waals surface area contributed by atoms with Crippen LogP contribution in [0.25, 0.3) is 10.9 Å². The van der Waals surface area contributed by atoms with E-state index in [1.165, 1.54) is 8.87 Å². The fourth-order valence-corrected chi connectivity index (χ4v) is 5.76. The van der Waals surface area contributed by atoms with Gasteiger partial charge in [-0.2, -0.15) is 4.31 Å². The van der Waals surface area contributed by atoms with Crippen molar-refractivity contribution in [1.82, 2.24) is 13.9 Å². The van der Waals surface area contributed by atoms with Gasteiger partial charge in [0, 0.05) is 37.9 Å². The summed E-state index contributed by atoms with van der Waals surface area (Å²) >= 11 is 5.17. The molecule has 0 unspecified atom stereocenters. The van der Waals surface area contributed by atoms with Crippen LogP contribution in [0.5, 0.6) is 0 Å². The molecule has 0 saturated carbocycles. The number of hydrogen-bond acceptors (Lipinski definition) is 5. The molecule has 1 aliphatic heterocycles. The lowest BCUT2D eigenvalue weighted by Gasteiger charge is -2.20. The fourth-order valence-electron chi connectivity index (χ4n) is 4.06.